The molecule has 0 spiro atoms. The van der Waals surface area contributed by atoms with Crippen LogP contribution in [-0.2, 0) is 0 Å². The number of fused-ring (bicyclic) bond motifs is 1. The average molecular weight is 398 g/mol. The first-order valence-electron chi connectivity index (χ1n) is 8.83. The van der Waals surface area contributed by atoms with E-state index in [2.05, 4.69) is 10.2 Å². The Balaban J connectivity index is 1.34. The van der Waals surface area contributed by atoms with Gasteiger partial charge in [-0.2, -0.15) is 0 Å². The fourth-order valence-electron chi connectivity index (χ4n) is 2.66. The molecule has 1 aliphatic rings. The second kappa shape index (κ2) is 8.35. The summed E-state index contributed by atoms with van der Waals surface area (Å²) in [6, 6.07) is 14.5. The molecule has 0 amide bonds. The maximum absolute atomic E-state index is 12.3. The van der Waals surface area contributed by atoms with E-state index in [0.717, 1.165) is 5.75 Å². The Hall–Kier alpha value is -3.00. The third-order valence-corrected chi connectivity index (χ3v) is 4.84. The number of aromatic nitrogens is 2. The summed E-state index contributed by atoms with van der Waals surface area (Å²) in [6.45, 7) is 2.79. The molecule has 1 atom stereocenters. The molecule has 1 aliphatic heterocycles. The van der Waals surface area contributed by atoms with E-state index in [0.29, 0.717) is 34.8 Å². The van der Waals surface area contributed by atoms with Crippen molar-refractivity contribution in [3.8, 4) is 17.2 Å². The lowest BCUT2D eigenvalue weighted by Crippen LogP contribution is -2.21. The molecule has 0 aliphatic carbocycles. The van der Waals surface area contributed by atoms with Crippen LogP contribution in [0.5, 0.6) is 17.2 Å². The number of hydrogen-bond acceptors (Lipinski definition) is 8. The number of thioether (sulfide) groups is 1. The fourth-order valence-corrected chi connectivity index (χ4v) is 3.33. The first-order valence-corrected chi connectivity index (χ1v) is 9.82. The molecule has 0 N–H and O–H groups in total. The third kappa shape index (κ3) is 4.12. The van der Waals surface area contributed by atoms with Gasteiger partial charge in [0.2, 0.25) is 6.10 Å². The van der Waals surface area contributed by atoms with E-state index in [4.69, 9.17) is 18.6 Å². The minimum atomic E-state index is -0.474. The molecule has 28 heavy (non-hydrogen) atoms. The number of carbonyl (C=O) groups excluding carboxylic acids is 1. The molecule has 1 aromatic heterocycles. The van der Waals surface area contributed by atoms with Crippen molar-refractivity contribution in [2.75, 3.05) is 19.0 Å². The Morgan fingerprint density at radius 3 is 2.71 bits per heavy atom. The van der Waals surface area contributed by atoms with Gasteiger partial charge in [-0.05, 0) is 43.3 Å². The smallest absolute Gasteiger partial charge is 0.277 e. The van der Waals surface area contributed by atoms with Crippen LogP contribution in [0.15, 0.2) is 58.2 Å². The van der Waals surface area contributed by atoms with Gasteiger partial charge in [-0.25, -0.2) is 0 Å². The third-order valence-electron chi connectivity index (χ3n) is 4.02. The number of Topliss-reactive ketones (excluding diaryl/α,β-unsaturated/α-hetero) is 1. The van der Waals surface area contributed by atoms with E-state index in [1.54, 1.807) is 24.3 Å². The van der Waals surface area contributed by atoms with E-state index < -0.39 is 6.10 Å². The highest BCUT2D eigenvalue weighted by molar-refractivity contribution is 7.99. The lowest BCUT2D eigenvalue weighted by Gasteiger charge is -2.23. The number of para-hydroxylation sites is 2. The van der Waals surface area contributed by atoms with Crippen LogP contribution in [0.4, 0.5) is 0 Å². The van der Waals surface area contributed by atoms with E-state index >= 15 is 0 Å². The van der Waals surface area contributed by atoms with E-state index in [1.807, 2.05) is 31.2 Å². The zero-order chi connectivity index (χ0) is 19.3. The minimum Gasteiger partial charge on any atom is -0.494 e. The molecule has 4 rings (SSSR count). The molecule has 8 heteroatoms. The van der Waals surface area contributed by atoms with Crippen LogP contribution in [0, 0.1) is 0 Å². The summed E-state index contributed by atoms with van der Waals surface area (Å²) < 4.78 is 22.5. The SMILES string of the molecule is CCOc1ccc(C(=O)CSc2nnc([C@@H]3COc4ccccc4O3)o2)cc1. The van der Waals surface area contributed by atoms with Gasteiger partial charge in [0.25, 0.3) is 11.1 Å². The van der Waals surface area contributed by atoms with E-state index in [1.165, 1.54) is 11.8 Å². The van der Waals surface area contributed by atoms with Crippen molar-refractivity contribution < 1.29 is 23.4 Å². The molecule has 3 aromatic rings. The van der Waals surface area contributed by atoms with Gasteiger partial charge in [-0.15, -0.1) is 10.2 Å². The number of hydrogen-bond donors (Lipinski definition) is 0. The summed E-state index contributed by atoms with van der Waals surface area (Å²) >= 11 is 1.19. The highest BCUT2D eigenvalue weighted by Crippen LogP contribution is 2.36. The van der Waals surface area contributed by atoms with Crippen LogP contribution in [0.25, 0.3) is 0 Å². The largest absolute Gasteiger partial charge is 0.494 e. The number of benzene rings is 2. The summed E-state index contributed by atoms with van der Waals surface area (Å²) in [7, 11) is 0. The predicted octanol–water partition coefficient (Wildman–Crippen LogP) is 3.96. The zero-order valence-corrected chi connectivity index (χ0v) is 16.0. The molecule has 0 radical (unpaired) electrons. The second-order valence-electron chi connectivity index (χ2n) is 5.94. The van der Waals surface area contributed by atoms with Crippen molar-refractivity contribution >= 4 is 17.5 Å². The number of ketones is 1. The Labute approximate surface area is 166 Å². The lowest BCUT2D eigenvalue weighted by molar-refractivity contribution is 0.0686. The number of rotatable bonds is 7. The predicted molar refractivity (Wildman–Crippen MR) is 102 cm³/mol. The first kappa shape index (κ1) is 18.4. The lowest BCUT2D eigenvalue weighted by atomic mass is 10.1. The Bertz CT molecular complexity index is 957. The Morgan fingerprint density at radius 2 is 1.93 bits per heavy atom. The monoisotopic (exact) mass is 398 g/mol. The summed E-state index contributed by atoms with van der Waals surface area (Å²) in [6.07, 6.45) is -0.474. The van der Waals surface area contributed by atoms with Crippen LogP contribution in [0.3, 0.4) is 0 Å². The second-order valence-corrected chi connectivity index (χ2v) is 6.87. The standard InChI is InChI=1S/C20H18N2O5S/c1-2-24-14-9-7-13(8-10-14)15(23)12-28-20-22-21-19(27-20)18-11-25-16-5-3-4-6-17(16)26-18/h3-10,18H,2,11-12H2,1H3/t18-/m0/s1. The van der Waals surface area contributed by atoms with Crippen LogP contribution < -0.4 is 14.2 Å². The van der Waals surface area contributed by atoms with E-state index in [-0.39, 0.29) is 18.1 Å². The molecule has 0 fully saturated rings. The molecule has 0 unspecified atom stereocenters. The van der Waals surface area contributed by atoms with Gasteiger partial charge < -0.3 is 18.6 Å². The van der Waals surface area contributed by atoms with Gasteiger partial charge >= 0.3 is 0 Å². The number of nitrogens with zero attached hydrogens (tertiary/aromatic N) is 2. The normalized spacial score (nSPS) is 15.2. The summed E-state index contributed by atoms with van der Waals surface area (Å²) in [4.78, 5) is 12.3. The van der Waals surface area contributed by atoms with Crippen molar-refractivity contribution in [2.24, 2.45) is 0 Å². The fraction of sp³-hybridized carbons (Fsp3) is 0.250. The maximum atomic E-state index is 12.3. The first-order chi connectivity index (χ1) is 13.7. The maximum Gasteiger partial charge on any atom is 0.277 e. The molecule has 2 heterocycles. The molecule has 7 nitrogen and oxygen atoms in total. The van der Waals surface area contributed by atoms with Gasteiger partial charge in [0.05, 0.1) is 12.4 Å². The van der Waals surface area contributed by atoms with Crippen LogP contribution >= 0.6 is 11.8 Å². The molecule has 0 bridgehead atoms. The van der Waals surface area contributed by atoms with Crippen molar-refractivity contribution in [1.29, 1.82) is 0 Å². The van der Waals surface area contributed by atoms with Crippen molar-refractivity contribution in [1.82, 2.24) is 10.2 Å². The highest BCUT2D eigenvalue weighted by Gasteiger charge is 2.27. The van der Waals surface area contributed by atoms with Crippen molar-refractivity contribution in [2.45, 2.75) is 18.3 Å². The molecular weight excluding hydrogens is 380 g/mol. The molecular formula is C20H18N2O5S. The molecule has 2 aromatic carbocycles. The van der Waals surface area contributed by atoms with Crippen molar-refractivity contribution in [3.05, 3.63) is 60.0 Å². The van der Waals surface area contributed by atoms with Gasteiger partial charge in [0, 0.05) is 5.56 Å². The average Bonchev–Trinajstić information content (AvgIpc) is 3.21. The zero-order valence-electron chi connectivity index (χ0n) is 15.2. The van der Waals surface area contributed by atoms with Crippen LogP contribution in [0.2, 0.25) is 0 Å². The molecule has 144 valence electrons. The summed E-state index contributed by atoms with van der Waals surface area (Å²) in [5.41, 5.74) is 0.608. The van der Waals surface area contributed by atoms with Gasteiger partial charge in [0.1, 0.15) is 12.4 Å². The van der Waals surface area contributed by atoms with Gasteiger partial charge in [-0.3, -0.25) is 4.79 Å². The Morgan fingerprint density at radius 1 is 1.14 bits per heavy atom. The topological polar surface area (TPSA) is 83.7 Å². The highest BCUT2D eigenvalue weighted by atomic mass is 32.2. The number of carbonyl (C=O) groups is 1. The minimum absolute atomic E-state index is 0.0287. The molecule has 0 saturated heterocycles. The quantitative estimate of drug-likeness (QED) is 0.437. The van der Waals surface area contributed by atoms with Gasteiger partial charge in [0.15, 0.2) is 17.3 Å². The Kier molecular flexibility index (Phi) is 5.48. The van der Waals surface area contributed by atoms with Crippen molar-refractivity contribution in [3.63, 3.8) is 0 Å². The van der Waals surface area contributed by atoms with Crippen LogP contribution in [-0.4, -0.2) is 34.9 Å². The van der Waals surface area contributed by atoms with Gasteiger partial charge in [-0.1, -0.05) is 23.9 Å². The van der Waals surface area contributed by atoms with Crippen LogP contribution in [0.1, 0.15) is 29.3 Å². The summed E-state index contributed by atoms with van der Waals surface area (Å²) in [5, 5.41) is 8.33. The summed E-state index contributed by atoms with van der Waals surface area (Å²) in [5.74, 6) is 2.56. The van der Waals surface area contributed by atoms with E-state index in [9.17, 15) is 4.79 Å². The number of ether oxygens (including phenoxy) is 3. The molecule has 0 saturated carbocycles.